The Labute approximate surface area is 141 Å². The average molecular weight is 323 g/mol. The monoisotopic (exact) mass is 323 g/mol. The van der Waals surface area contributed by atoms with Crippen LogP contribution in [0.4, 0.5) is 0 Å². The molecule has 1 aliphatic rings. The number of carbonyl (C=O) groups is 2. The van der Waals surface area contributed by atoms with Crippen molar-refractivity contribution in [1.29, 1.82) is 0 Å². The normalized spacial score (nSPS) is 18.5. The molecule has 0 N–H and O–H groups in total. The van der Waals surface area contributed by atoms with Crippen molar-refractivity contribution in [1.82, 2.24) is 5.06 Å². The Morgan fingerprint density at radius 3 is 2.30 bits per heavy atom. The quantitative estimate of drug-likeness (QED) is 0.278. The summed E-state index contributed by atoms with van der Waals surface area (Å²) in [7, 11) is 0. The first-order valence-corrected chi connectivity index (χ1v) is 9.37. The summed E-state index contributed by atoms with van der Waals surface area (Å²) in [5.74, 6) is -0.755. The standard InChI is InChI=1S/C19H33NO3/c1-3-5-6-7-8-9-10-11-12-13-14-17-16-18(21)20(19(17)22)23-15-4-2/h13-14,17H,3-12,15-16H2,1-2H3. The molecule has 0 aromatic carbocycles. The van der Waals surface area contributed by atoms with Crippen molar-refractivity contribution < 1.29 is 14.4 Å². The molecule has 1 rings (SSSR count). The Bertz CT molecular complexity index is 379. The SMILES string of the molecule is CCCCCCCCCCC=CC1CC(=O)N(OCCC)C1=O. The highest BCUT2D eigenvalue weighted by Crippen LogP contribution is 2.21. The molecule has 1 fully saturated rings. The highest BCUT2D eigenvalue weighted by molar-refractivity contribution is 6.03. The van der Waals surface area contributed by atoms with Gasteiger partial charge in [0.1, 0.15) is 0 Å². The molecule has 0 radical (unpaired) electrons. The van der Waals surface area contributed by atoms with Crippen molar-refractivity contribution in [3.8, 4) is 0 Å². The first-order valence-electron chi connectivity index (χ1n) is 9.37. The molecule has 0 bridgehead atoms. The molecule has 0 saturated carbocycles. The summed E-state index contributed by atoms with van der Waals surface area (Å²) in [4.78, 5) is 29.0. The Balaban J connectivity index is 2.11. The van der Waals surface area contributed by atoms with Crippen LogP contribution in [-0.4, -0.2) is 23.5 Å². The zero-order valence-corrected chi connectivity index (χ0v) is 14.9. The molecule has 4 nitrogen and oxygen atoms in total. The second-order valence-electron chi connectivity index (χ2n) is 6.36. The van der Waals surface area contributed by atoms with Crippen LogP contribution in [0.2, 0.25) is 0 Å². The Morgan fingerprint density at radius 2 is 1.65 bits per heavy atom. The maximum absolute atomic E-state index is 12.0. The van der Waals surface area contributed by atoms with E-state index in [1.165, 1.54) is 44.9 Å². The van der Waals surface area contributed by atoms with Gasteiger partial charge >= 0.3 is 0 Å². The van der Waals surface area contributed by atoms with Gasteiger partial charge in [-0.05, 0) is 19.3 Å². The fourth-order valence-corrected chi connectivity index (χ4v) is 2.76. The van der Waals surface area contributed by atoms with Crippen LogP contribution in [0.3, 0.4) is 0 Å². The summed E-state index contributed by atoms with van der Waals surface area (Å²) >= 11 is 0. The number of amides is 2. The molecule has 2 amide bonds. The molecule has 1 heterocycles. The van der Waals surface area contributed by atoms with E-state index < -0.39 is 0 Å². The topological polar surface area (TPSA) is 46.6 Å². The van der Waals surface area contributed by atoms with E-state index in [4.69, 9.17) is 4.84 Å². The molecule has 0 aliphatic carbocycles. The number of carbonyl (C=O) groups excluding carboxylic acids is 2. The van der Waals surface area contributed by atoms with Crippen molar-refractivity contribution in [3.63, 3.8) is 0 Å². The highest BCUT2D eigenvalue weighted by atomic mass is 16.7. The van der Waals surface area contributed by atoms with Crippen molar-refractivity contribution in [2.75, 3.05) is 6.61 Å². The van der Waals surface area contributed by atoms with E-state index in [2.05, 4.69) is 13.0 Å². The van der Waals surface area contributed by atoms with Crippen LogP contribution < -0.4 is 0 Å². The maximum Gasteiger partial charge on any atom is 0.260 e. The zero-order chi connectivity index (χ0) is 16.9. The summed E-state index contributed by atoms with van der Waals surface area (Å²) in [5.41, 5.74) is 0. The molecule has 1 saturated heterocycles. The van der Waals surface area contributed by atoms with E-state index in [-0.39, 0.29) is 24.2 Å². The van der Waals surface area contributed by atoms with Gasteiger partial charge in [0, 0.05) is 6.42 Å². The number of allylic oxidation sites excluding steroid dienone is 1. The van der Waals surface area contributed by atoms with Gasteiger partial charge in [-0.25, -0.2) is 0 Å². The first kappa shape index (κ1) is 19.9. The number of hydroxylamine groups is 2. The molecule has 1 unspecified atom stereocenters. The number of imide groups is 1. The van der Waals surface area contributed by atoms with E-state index in [9.17, 15) is 9.59 Å². The summed E-state index contributed by atoms with van der Waals surface area (Å²) in [5, 5.41) is 0.953. The molecule has 23 heavy (non-hydrogen) atoms. The smallest absolute Gasteiger partial charge is 0.260 e. The second-order valence-corrected chi connectivity index (χ2v) is 6.36. The fraction of sp³-hybridized carbons (Fsp3) is 0.789. The Kier molecular flexibility index (Phi) is 10.6. The molecular formula is C19H33NO3. The summed E-state index contributed by atoms with van der Waals surface area (Å²) < 4.78 is 0. The number of unbranched alkanes of at least 4 members (excludes halogenated alkanes) is 8. The molecule has 1 aliphatic heterocycles. The molecular weight excluding hydrogens is 290 g/mol. The van der Waals surface area contributed by atoms with Gasteiger partial charge in [0.25, 0.3) is 11.8 Å². The predicted octanol–water partition coefficient (Wildman–Crippen LogP) is 4.79. The van der Waals surface area contributed by atoms with Crippen molar-refractivity contribution in [2.24, 2.45) is 5.92 Å². The third-order valence-corrected chi connectivity index (χ3v) is 4.16. The van der Waals surface area contributed by atoms with Crippen LogP contribution >= 0.6 is 0 Å². The van der Waals surface area contributed by atoms with Gasteiger partial charge in [0.05, 0.1) is 12.5 Å². The lowest BCUT2D eigenvalue weighted by Gasteiger charge is -2.12. The van der Waals surface area contributed by atoms with Gasteiger partial charge in [-0.1, -0.05) is 70.9 Å². The summed E-state index contributed by atoms with van der Waals surface area (Å²) in [6.07, 6.45) is 16.4. The maximum atomic E-state index is 12.0. The van der Waals surface area contributed by atoms with Crippen LogP contribution in [0.15, 0.2) is 12.2 Å². The van der Waals surface area contributed by atoms with Crippen molar-refractivity contribution >= 4 is 11.8 Å². The van der Waals surface area contributed by atoms with Crippen molar-refractivity contribution in [3.05, 3.63) is 12.2 Å². The average Bonchev–Trinajstić information content (AvgIpc) is 2.81. The third kappa shape index (κ3) is 7.78. The largest absolute Gasteiger partial charge is 0.272 e. The molecule has 0 spiro atoms. The van der Waals surface area contributed by atoms with Gasteiger partial charge in [-0.3, -0.25) is 14.4 Å². The number of nitrogens with zero attached hydrogens (tertiary/aromatic N) is 1. The van der Waals surface area contributed by atoms with Gasteiger partial charge in [0.15, 0.2) is 0 Å². The minimum atomic E-state index is -0.326. The van der Waals surface area contributed by atoms with Gasteiger partial charge in [0.2, 0.25) is 0 Å². The third-order valence-electron chi connectivity index (χ3n) is 4.16. The molecule has 0 aromatic rings. The minimum absolute atomic E-state index is 0.212. The highest BCUT2D eigenvalue weighted by Gasteiger charge is 2.38. The molecule has 1 atom stereocenters. The number of hydrogen-bond acceptors (Lipinski definition) is 3. The minimum Gasteiger partial charge on any atom is -0.272 e. The lowest BCUT2D eigenvalue weighted by molar-refractivity contribution is -0.188. The van der Waals surface area contributed by atoms with Crippen LogP contribution in [0.5, 0.6) is 0 Å². The lowest BCUT2D eigenvalue weighted by atomic mass is 10.0. The van der Waals surface area contributed by atoms with E-state index in [1.54, 1.807) is 0 Å². The van der Waals surface area contributed by atoms with E-state index in [0.717, 1.165) is 24.3 Å². The second kappa shape index (κ2) is 12.3. The van der Waals surface area contributed by atoms with Crippen LogP contribution in [0.25, 0.3) is 0 Å². The number of rotatable bonds is 13. The number of hydrogen-bond donors (Lipinski definition) is 0. The molecule has 4 heteroatoms. The van der Waals surface area contributed by atoms with Gasteiger partial charge in [-0.15, -0.1) is 0 Å². The van der Waals surface area contributed by atoms with E-state index in [1.807, 2.05) is 13.0 Å². The van der Waals surface area contributed by atoms with Gasteiger partial charge < -0.3 is 0 Å². The van der Waals surface area contributed by atoms with Crippen molar-refractivity contribution in [2.45, 2.75) is 84.5 Å². The summed E-state index contributed by atoms with van der Waals surface area (Å²) in [6.45, 7) is 4.60. The van der Waals surface area contributed by atoms with E-state index >= 15 is 0 Å². The molecule has 0 aromatic heterocycles. The predicted molar refractivity (Wildman–Crippen MR) is 92.6 cm³/mol. The fourth-order valence-electron chi connectivity index (χ4n) is 2.76. The zero-order valence-electron chi connectivity index (χ0n) is 14.9. The van der Waals surface area contributed by atoms with Crippen LogP contribution in [0, 0.1) is 5.92 Å². The molecule has 132 valence electrons. The lowest BCUT2D eigenvalue weighted by Crippen LogP contribution is -2.30. The van der Waals surface area contributed by atoms with Gasteiger partial charge in [-0.2, -0.15) is 5.06 Å². The Hall–Kier alpha value is -1.16. The summed E-state index contributed by atoms with van der Waals surface area (Å²) in [6, 6.07) is 0. The first-order chi connectivity index (χ1) is 11.2. The van der Waals surface area contributed by atoms with E-state index in [0.29, 0.717) is 6.61 Å². The van der Waals surface area contributed by atoms with Crippen LogP contribution in [0.1, 0.15) is 84.5 Å². The Morgan fingerprint density at radius 1 is 1.00 bits per heavy atom. The van der Waals surface area contributed by atoms with Crippen LogP contribution in [-0.2, 0) is 14.4 Å².